The molecule has 122 valence electrons. The Morgan fingerprint density at radius 1 is 1.41 bits per heavy atom. The monoisotopic (exact) mass is 420 g/mol. The van der Waals surface area contributed by atoms with Crippen LogP contribution < -0.4 is 0 Å². The highest BCUT2D eigenvalue weighted by Gasteiger charge is 2.55. The van der Waals surface area contributed by atoms with E-state index in [0.29, 0.717) is 11.8 Å². The van der Waals surface area contributed by atoms with E-state index in [4.69, 9.17) is 4.52 Å². The quantitative estimate of drug-likeness (QED) is 0.491. The molecule has 1 saturated heterocycles. The van der Waals surface area contributed by atoms with Crippen molar-refractivity contribution in [2.75, 3.05) is 0 Å². The molecule has 0 spiro atoms. The van der Waals surface area contributed by atoms with Crippen molar-refractivity contribution in [3.05, 3.63) is 28.7 Å². The Labute approximate surface area is 149 Å². The zero-order valence-electron chi connectivity index (χ0n) is 13.1. The standard InChI is InChI=1S/C16H22BrO2PS2/c1-11(2)12-8-9-16(3)15(10-12)19-20(18,22-16)21-14-6-4-13(17)5-7-14/h4-7,11-12,15H,8-10H2,1-3H3. The van der Waals surface area contributed by atoms with E-state index in [1.165, 1.54) is 17.8 Å². The Morgan fingerprint density at radius 3 is 2.73 bits per heavy atom. The molecule has 22 heavy (non-hydrogen) atoms. The van der Waals surface area contributed by atoms with Gasteiger partial charge >= 0.3 is 5.77 Å². The Morgan fingerprint density at radius 2 is 2.09 bits per heavy atom. The van der Waals surface area contributed by atoms with Gasteiger partial charge in [0.2, 0.25) is 0 Å². The Kier molecular flexibility index (Phi) is 5.13. The average molecular weight is 421 g/mol. The average Bonchev–Trinajstić information content (AvgIpc) is 2.70. The van der Waals surface area contributed by atoms with Crippen LogP contribution in [0.5, 0.6) is 0 Å². The van der Waals surface area contributed by atoms with E-state index in [1.54, 1.807) is 11.4 Å². The van der Waals surface area contributed by atoms with Crippen LogP contribution >= 0.6 is 44.5 Å². The molecule has 0 aromatic heterocycles. The molecular weight excluding hydrogens is 399 g/mol. The number of halogens is 1. The third-order valence-electron chi connectivity index (χ3n) is 4.76. The van der Waals surface area contributed by atoms with E-state index in [-0.39, 0.29) is 10.9 Å². The van der Waals surface area contributed by atoms with Gasteiger partial charge in [-0.3, -0.25) is 4.57 Å². The van der Waals surface area contributed by atoms with Gasteiger partial charge < -0.3 is 4.52 Å². The van der Waals surface area contributed by atoms with E-state index in [9.17, 15) is 4.57 Å². The highest BCUT2D eigenvalue weighted by Crippen LogP contribution is 2.82. The highest BCUT2D eigenvalue weighted by atomic mass is 79.9. The summed E-state index contributed by atoms with van der Waals surface area (Å²) in [6.07, 6.45) is 3.51. The molecule has 0 N–H and O–H groups in total. The number of fused-ring (bicyclic) bond motifs is 1. The minimum atomic E-state index is -2.72. The van der Waals surface area contributed by atoms with Crippen LogP contribution in [-0.2, 0) is 9.09 Å². The Balaban J connectivity index is 1.74. The van der Waals surface area contributed by atoms with Crippen LogP contribution in [0.4, 0.5) is 0 Å². The predicted molar refractivity (Wildman–Crippen MR) is 101 cm³/mol. The topological polar surface area (TPSA) is 26.3 Å². The molecule has 0 amide bonds. The lowest BCUT2D eigenvalue weighted by Gasteiger charge is -2.38. The Hall–Kier alpha value is 0.590. The number of hydrogen-bond acceptors (Lipinski definition) is 4. The van der Waals surface area contributed by atoms with Crippen LogP contribution in [0.2, 0.25) is 0 Å². The maximum absolute atomic E-state index is 13.2. The second-order valence-electron chi connectivity index (χ2n) is 6.77. The lowest BCUT2D eigenvalue weighted by Crippen LogP contribution is -2.40. The first-order valence-corrected chi connectivity index (χ1v) is 13.0. The summed E-state index contributed by atoms with van der Waals surface area (Å²) < 4.78 is 20.4. The fourth-order valence-electron chi connectivity index (χ4n) is 3.24. The SMILES string of the molecule is CC(C)C1CCC2(C)SP(=O)(Sc3ccc(Br)cc3)OC2C1. The number of hydrogen-bond donors (Lipinski definition) is 0. The largest absolute Gasteiger partial charge is 0.318 e. The molecule has 4 unspecified atom stereocenters. The van der Waals surface area contributed by atoms with Crippen molar-refractivity contribution < 1.29 is 9.09 Å². The van der Waals surface area contributed by atoms with Crippen LogP contribution in [0.3, 0.4) is 0 Å². The van der Waals surface area contributed by atoms with E-state index >= 15 is 0 Å². The molecule has 1 heterocycles. The van der Waals surface area contributed by atoms with Gasteiger partial charge in [-0.25, -0.2) is 0 Å². The van der Waals surface area contributed by atoms with Gasteiger partial charge in [0.25, 0.3) is 0 Å². The first-order chi connectivity index (χ1) is 10.3. The summed E-state index contributed by atoms with van der Waals surface area (Å²) in [5, 5.41) is 0. The van der Waals surface area contributed by atoms with Gasteiger partial charge in [-0.05, 0) is 85.1 Å². The third kappa shape index (κ3) is 3.64. The number of benzene rings is 1. The highest BCUT2D eigenvalue weighted by molar-refractivity contribution is 9.10. The molecule has 1 aromatic rings. The van der Waals surface area contributed by atoms with E-state index < -0.39 is 5.77 Å². The van der Waals surface area contributed by atoms with Crippen LogP contribution in [-0.4, -0.2) is 10.9 Å². The molecule has 1 aliphatic carbocycles. The lowest BCUT2D eigenvalue weighted by atomic mass is 9.75. The lowest BCUT2D eigenvalue weighted by molar-refractivity contribution is 0.0947. The minimum absolute atomic E-state index is 0.0171. The Bertz CT molecular complexity index is 592. The predicted octanol–water partition coefficient (Wildman–Crippen LogP) is 7.00. The van der Waals surface area contributed by atoms with Crippen molar-refractivity contribution in [2.24, 2.45) is 11.8 Å². The van der Waals surface area contributed by atoms with Crippen molar-refractivity contribution in [3.63, 3.8) is 0 Å². The maximum Gasteiger partial charge on any atom is 0.318 e. The van der Waals surface area contributed by atoms with Crippen LogP contribution in [0.1, 0.15) is 40.0 Å². The van der Waals surface area contributed by atoms with Gasteiger partial charge in [0.15, 0.2) is 0 Å². The summed E-state index contributed by atoms with van der Waals surface area (Å²) in [6.45, 7) is 6.80. The van der Waals surface area contributed by atoms with Crippen LogP contribution in [0.15, 0.2) is 33.6 Å². The van der Waals surface area contributed by atoms with Crippen molar-refractivity contribution in [3.8, 4) is 0 Å². The van der Waals surface area contributed by atoms with Crippen molar-refractivity contribution in [1.29, 1.82) is 0 Å². The van der Waals surface area contributed by atoms with Crippen molar-refractivity contribution in [1.82, 2.24) is 0 Å². The molecule has 1 aliphatic heterocycles. The van der Waals surface area contributed by atoms with Crippen molar-refractivity contribution in [2.45, 2.75) is 55.8 Å². The van der Waals surface area contributed by atoms with E-state index in [0.717, 1.165) is 22.2 Å². The van der Waals surface area contributed by atoms with E-state index in [2.05, 4.69) is 36.7 Å². The second kappa shape index (κ2) is 6.48. The van der Waals surface area contributed by atoms with Crippen LogP contribution in [0.25, 0.3) is 0 Å². The summed E-state index contributed by atoms with van der Waals surface area (Å²) in [4.78, 5) is 1.02. The van der Waals surface area contributed by atoms with Crippen molar-refractivity contribution >= 4 is 44.5 Å². The summed E-state index contributed by atoms with van der Waals surface area (Å²) in [5.74, 6) is -1.34. The molecule has 2 nitrogen and oxygen atoms in total. The van der Waals surface area contributed by atoms with Gasteiger partial charge in [-0.15, -0.1) is 0 Å². The molecule has 0 bridgehead atoms. The van der Waals surface area contributed by atoms with Gasteiger partial charge in [-0.2, -0.15) is 0 Å². The zero-order valence-corrected chi connectivity index (χ0v) is 17.2. The zero-order chi connectivity index (χ0) is 16.0. The molecule has 6 heteroatoms. The van der Waals surface area contributed by atoms with Gasteiger partial charge in [0.1, 0.15) is 0 Å². The van der Waals surface area contributed by atoms with Gasteiger partial charge in [-0.1, -0.05) is 29.8 Å². The molecule has 2 aliphatic rings. The molecule has 0 radical (unpaired) electrons. The maximum atomic E-state index is 13.2. The molecule has 1 saturated carbocycles. The smallest absolute Gasteiger partial charge is 0.309 e. The van der Waals surface area contributed by atoms with Gasteiger partial charge in [0, 0.05) is 14.1 Å². The first kappa shape index (κ1) is 17.4. The summed E-state index contributed by atoms with van der Waals surface area (Å²) in [6, 6.07) is 7.97. The fraction of sp³-hybridized carbons (Fsp3) is 0.625. The molecule has 4 atom stereocenters. The molecular formula is C16H22BrO2PS2. The molecule has 2 fully saturated rings. The number of rotatable bonds is 3. The summed E-state index contributed by atoms with van der Waals surface area (Å²) in [7, 11) is 0. The summed E-state index contributed by atoms with van der Waals surface area (Å²) >= 11 is 6.44. The van der Waals surface area contributed by atoms with E-state index in [1.807, 2.05) is 24.3 Å². The summed E-state index contributed by atoms with van der Waals surface area (Å²) in [5.41, 5.74) is 0. The molecule has 1 aromatic carbocycles. The fourth-order valence-corrected chi connectivity index (χ4v) is 12.8. The van der Waals surface area contributed by atoms with Gasteiger partial charge in [0.05, 0.1) is 6.10 Å². The normalized spacial score (nSPS) is 38.2. The molecule has 3 rings (SSSR count). The third-order valence-corrected chi connectivity index (χ3v) is 12.7. The second-order valence-corrected chi connectivity index (χ2v) is 15.2. The minimum Gasteiger partial charge on any atom is -0.309 e. The first-order valence-electron chi connectivity index (χ1n) is 7.74. The van der Waals surface area contributed by atoms with Crippen LogP contribution in [0, 0.1) is 11.8 Å².